The smallest absolute Gasteiger partial charge is 0.0412 e. The first-order valence-corrected chi connectivity index (χ1v) is 7.23. The third-order valence-corrected chi connectivity index (χ3v) is 4.70. The number of hydrogen-bond acceptors (Lipinski definition) is 1. The van der Waals surface area contributed by atoms with Crippen molar-refractivity contribution in [1.82, 2.24) is 0 Å². The van der Waals surface area contributed by atoms with Crippen molar-refractivity contribution in [1.29, 1.82) is 0 Å². The first-order valence-electron chi connectivity index (χ1n) is 7.23. The number of nitrogens with zero attached hydrogens (tertiary/aromatic N) is 1. The molecule has 18 heavy (non-hydrogen) atoms. The molecule has 0 N–H and O–H groups in total. The Labute approximate surface area is 112 Å². The van der Waals surface area contributed by atoms with Crippen molar-refractivity contribution in [3.63, 3.8) is 0 Å². The minimum Gasteiger partial charge on any atom is -0.366 e. The average Bonchev–Trinajstić information content (AvgIpc) is 2.65. The summed E-state index contributed by atoms with van der Waals surface area (Å²) in [5.74, 6) is 0. The molecule has 0 bridgehead atoms. The van der Waals surface area contributed by atoms with Crippen LogP contribution in [0.25, 0.3) is 0 Å². The summed E-state index contributed by atoms with van der Waals surface area (Å²) in [4.78, 5) is 2.60. The summed E-state index contributed by atoms with van der Waals surface area (Å²) in [6.45, 7) is 15.1. The van der Waals surface area contributed by atoms with E-state index in [2.05, 4.69) is 64.6 Å². The molecule has 1 heteroatoms. The van der Waals surface area contributed by atoms with E-state index in [0.717, 1.165) is 0 Å². The Kier molecular flexibility index (Phi) is 3.21. The van der Waals surface area contributed by atoms with Crippen LogP contribution in [0.1, 0.15) is 58.6 Å². The van der Waals surface area contributed by atoms with Crippen LogP contribution < -0.4 is 4.90 Å². The molecule has 0 atom stereocenters. The van der Waals surface area contributed by atoms with Crippen LogP contribution in [0.5, 0.6) is 0 Å². The molecule has 1 aliphatic heterocycles. The predicted molar refractivity (Wildman–Crippen MR) is 80.5 cm³/mol. The molecule has 0 fully saturated rings. The van der Waals surface area contributed by atoms with Crippen LogP contribution in [0.2, 0.25) is 0 Å². The van der Waals surface area contributed by atoms with E-state index in [1.165, 1.54) is 30.6 Å². The topological polar surface area (TPSA) is 3.24 Å². The van der Waals surface area contributed by atoms with Gasteiger partial charge in [0.1, 0.15) is 0 Å². The maximum absolute atomic E-state index is 2.60. The van der Waals surface area contributed by atoms with Gasteiger partial charge in [-0.3, -0.25) is 0 Å². The molecule has 100 valence electrons. The largest absolute Gasteiger partial charge is 0.366 e. The summed E-state index contributed by atoms with van der Waals surface area (Å²) in [7, 11) is 0. The third-order valence-electron chi connectivity index (χ3n) is 4.70. The fourth-order valence-electron chi connectivity index (χ4n) is 3.46. The fourth-order valence-corrected chi connectivity index (χ4v) is 3.46. The lowest BCUT2D eigenvalue weighted by molar-refractivity contribution is 0.386. The van der Waals surface area contributed by atoms with Crippen LogP contribution in [-0.2, 0) is 5.41 Å². The Balaban J connectivity index is 2.63. The van der Waals surface area contributed by atoms with Gasteiger partial charge in [0.2, 0.25) is 0 Å². The zero-order valence-corrected chi connectivity index (χ0v) is 12.8. The van der Waals surface area contributed by atoms with Crippen LogP contribution in [-0.4, -0.2) is 12.1 Å². The number of benzene rings is 1. The van der Waals surface area contributed by atoms with E-state index in [1.807, 2.05) is 0 Å². The van der Waals surface area contributed by atoms with Crippen LogP contribution in [0, 0.1) is 6.92 Å². The molecule has 1 aromatic rings. The number of hydrogen-bond donors (Lipinski definition) is 0. The highest BCUT2D eigenvalue weighted by atomic mass is 15.2. The monoisotopic (exact) mass is 245 g/mol. The average molecular weight is 245 g/mol. The molecule has 0 saturated carbocycles. The second-order valence-electron chi connectivity index (χ2n) is 6.71. The van der Waals surface area contributed by atoms with Gasteiger partial charge in [-0.25, -0.2) is 0 Å². The standard InChI is InChI=1S/C17H27N/c1-7-17(8-2)12-18(16(4,5)6)14-11-9-10-13(3)15(14)17/h9-11H,7-8,12H2,1-6H3. The summed E-state index contributed by atoms with van der Waals surface area (Å²) < 4.78 is 0. The van der Waals surface area contributed by atoms with E-state index >= 15 is 0 Å². The first-order chi connectivity index (χ1) is 8.35. The van der Waals surface area contributed by atoms with Crippen molar-refractivity contribution in [2.75, 3.05) is 11.4 Å². The summed E-state index contributed by atoms with van der Waals surface area (Å²) in [6.07, 6.45) is 2.46. The lowest BCUT2D eigenvalue weighted by Gasteiger charge is -2.37. The van der Waals surface area contributed by atoms with Gasteiger partial charge in [-0.2, -0.15) is 0 Å². The molecule has 0 unspecified atom stereocenters. The highest BCUT2D eigenvalue weighted by Gasteiger charge is 2.43. The summed E-state index contributed by atoms with van der Waals surface area (Å²) in [6, 6.07) is 6.78. The van der Waals surface area contributed by atoms with Gasteiger partial charge in [-0.05, 0) is 57.7 Å². The molecule has 2 rings (SSSR count). The van der Waals surface area contributed by atoms with Gasteiger partial charge < -0.3 is 4.90 Å². The molecule has 0 radical (unpaired) electrons. The Bertz CT molecular complexity index is 435. The van der Waals surface area contributed by atoms with Gasteiger partial charge in [0.15, 0.2) is 0 Å². The van der Waals surface area contributed by atoms with Crippen molar-refractivity contribution in [3.05, 3.63) is 29.3 Å². The second-order valence-corrected chi connectivity index (χ2v) is 6.71. The second kappa shape index (κ2) is 4.29. The fraction of sp³-hybridized carbons (Fsp3) is 0.647. The van der Waals surface area contributed by atoms with E-state index in [-0.39, 0.29) is 5.54 Å². The zero-order chi connectivity index (χ0) is 13.6. The molecule has 0 aromatic heterocycles. The van der Waals surface area contributed by atoms with Gasteiger partial charge in [-0.15, -0.1) is 0 Å². The summed E-state index contributed by atoms with van der Waals surface area (Å²) >= 11 is 0. The SMILES string of the molecule is CCC1(CC)CN(C(C)(C)C)c2cccc(C)c21. The molecule has 1 heterocycles. The quantitative estimate of drug-likeness (QED) is 0.732. The molecular formula is C17H27N. The van der Waals surface area contributed by atoms with E-state index in [0.29, 0.717) is 5.41 Å². The van der Waals surface area contributed by atoms with Crippen molar-refractivity contribution < 1.29 is 0 Å². The van der Waals surface area contributed by atoms with Gasteiger partial charge in [0, 0.05) is 23.2 Å². The number of anilines is 1. The molecule has 1 aromatic carbocycles. The van der Waals surface area contributed by atoms with Crippen molar-refractivity contribution in [2.45, 2.75) is 65.3 Å². The Morgan fingerprint density at radius 3 is 2.28 bits per heavy atom. The van der Waals surface area contributed by atoms with Gasteiger partial charge >= 0.3 is 0 Å². The molecule has 0 amide bonds. The third kappa shape index (κ3) is 1.84. The lowest BCUT2D eigenvalue weighted by atomic mass is 9.76. The molecule has 0 aliphatic carbocycles. The molecule has 1 nitrogen and oxygen atoms in total. The van der Waals surface area contributed by atoms with Gasteiger partial charge in [-0.1, -0.05) is 26.0 Å². The van der Waals surface area contributed by atoms with E-state index < -0.39 is 0 Å². The van der Waals surface area contributed by atoms with Crippen molar-refractivity contribution in [3.8, 4) is 0 Å². The maximum Gasteiger partial charge on any atom is 0.0412 e. The van der Waals surface area contributed by atoms with Crippen molar-refractivity contribution in [2.24, 2.45) is 0 Å². The maximum atomic E-state index is 2.60. The molecule has 1 aliphatic rings. The van der Waals surface area contributed by atoms with E-state index in [4.69, 9.17) is 0 Å². The van der Waals surface area contributed by atoms with E-state index in [9.17, 15) is 0 Å². The zero-order valence-electron chi connectivity index (χ0n) is 12.8. The molecular weight excluding hydrogens is 218 g/mol. The Morgan fingerprint density at radius 2 is 1.78 bits per heavy atom. The number of fused-ring (bicyclic) bond motifs is 1. The van der Waals surface area contributed by atoms with Crippen LogP contribution in [0.4, 0.5) is 5.69 Å². The normalized spacial score (nSPS) is 18.0. The summed E-state index contributed by atoms with van der Waals surface area (Å²) in [5, 5.41) is 0. The lowest BCUT2D eigenvalue weighted by Crippen LogP contribution is -2.44. The van der Waals surface area contributed by atoms with Gasteiger partial charge in [0.05, 0.1) is 0 Å². The molecule has 0 spiro atoms. The summed E-state index contributed by atoms with van der Waals surface area (Å²) in [5.41, 5.74) is 5.09. The number of aryl methyl sites for hydroxylation is 1. The highest BCUT2D eigenvalue weighted by molar-refractivity contribution is 5.66. The number of rotatable bonds is 2. The predicted octanol–water partition coefficient (Wildman–Crippen LogP) is 4.67. The molecule has 0 saturated heterocycles. The Hall–Kier alpha value is -0.980. The highest BCUT2D eigenvalue weighted by Crippen LogP contribution is 2.48. The van der Waals surface area contributed by atoms with Crippen LogP contribution >= 0.6 is 0 Å². The minimum absolute atomic E-state index is 0.203. The first kappa shape index (κ1) is 13.5. The van der Waals surface area contributed by atoms with Crippen LogP contribution in [0.15, 0.2) is 18.2 Å². The van der Waals surface area contributed by atoms with Gasteiger partial charge in [0.25, 0.3) is 0 Å². The van der Waals surface area contributed by atoms with Crippen LogP contribution in [0.3, 0.4) is 0 Å². The Morgan fingerprint density at radius 1 is 1.17 bits per heavy atom. The van der Waals surface area contributed by atoms with Crippen molar-refractivity contribution >= 4 is 5.69 Å². The van der Waals surface area contributed by atoms with E-state index in [1.54, 1.807) is 5.56 Å². The minimum atomic E-state index is 0.203.